The topological polar surface area (TPSA) is 59.8 Å². The van der Waals surface area contributed by atoms with Gasteiger partial charge in [-0.05, 0) is 31.7 Å². The van der Waals surface area contributed by atoms with Gasteiger partial charge in [-0.25, -0.2) is 4.98 Å². The summed E-state index contributed by atoms with van der Waals surface area (Å²) in [5.41, 5.74) is 2.60. The number of carbonyl (C=O) groups is 1. The van der Waals surface area contributed by atoms with Gasteiger partial charge in [0.1, 0.15) is 0 Å². The van der Waals surface area contributed by atoms with Crippen molar-refractivity contribution in [1.29, 1.82) is 0 Å². The molecular weight excluding hydrogens is 264 g/mol. The summed E-state index contributed by atoms with van der Waals surface area (Å²) in [4.78, 5) is 17.3. The highest BCUT2D eigenvalue weighted by atomic mass is 16.1. The van der Waals surface area contributed by atoms with Gasteiger partial charge in [-0.15, -0.1) is 0 Å². The van der Waals surface area contributed by atoms with E-state index in [-0.39, 0.29) is 5.91 Å². The molecule has 21 heavy (non-hydrogen) atoms. The first-order chi connectivity index (χ1) is 10.2. The van der Waals surface area contributed by atoms with Gasteiger partial charge in [0.05, 0.1) is 17.1 Å². The lowest BCUT2D eigenvalue weighted by molar-refractivity contribution is 0.0939. The lowest BCUT2D eigenvalue weighted by atomic mass is 10.1. The van der Waals surface area contributed by atoms with Gasteiger partial charge in [0.15, 0.2) is 5.65 Å². The molecule has 1 N–H and O–H groups in total. The highest BCUT2D eigenvalue weighted by molar-refractivity contribution is 6.05. The Morgan fingerprint density at radius 1 is 1.29 bits per heavy atom. The molecule has 2 fully saturated rings. The fraction of sp³-hybridized carbons (Fsp3) is 0.562. The monoisotopic (exact) mass is 284 g/mol. The first-order valence-corrected chi connectivity index (χ1v) is 7.86. The van der Waals surface area contributed by atoms with Crippen molar-refractivity contribution in [2.24, 2.45) is 7.05 Å². The average molecular weight is 284 g/mol. The average Bonchev–Trinajstić information content (AvgIpc) is 3.10. The van der Waals surface area contributed by atoms with E-state index in [0.29, 0.717) is 12.0 Å². The number of rotatable bonds is 3. The fourth-order valence-electron chi connectivity index (χ4n) is 3.24. The molecule has 0 radical (unpaired) electrons. The Bertz CT molecular complexity index is 696. The van der Waals surface area contributed by atoms with E-state index in [4.69, 9.17) is 4.98 Å². The summed E-state index contributed by atoms with van der Waals surface area (Å²) in [5, 5.41) is 8.30. The molecule has 110 valence electrons. The lowest BCUT2D eigenvalue weighted by Crippen LogP contribution is -2.32. The van der Waals surface area contributed by atoms with Crippen LogP contribution in [0.25, 0.3) is 11.0 Å². The van der Waals surface area contributed by atoms with E-state index in [2.05, 4.69) is 10.4 Å². The van der Waals surface area contributed by atoms with Crippen molar-refractivity contribution in [3.63, 3.8) is 0 Å². The Kier molecular flexibility index (Phi) is 2.94. The molecule has 2 aliphatic rings. The van der Waals surface area contributed by atoms with Crippen molar-refractivity contribution in [3.8, 4) is 0 Å². The molecule has 0 aromatic carbocycles. The van der Waals surface area contributed by atoms with Crippen LogP contribution >= 0.6 is 0 Å². The van der Waals surface area contributed by atoms with E-state index in [1.165, 1.54) is 25.7 Å². The number of aromatic nitrogens is 3. The minimum atomic E-state index is 0.0317. The number of aryl methyl sites for hydroxylation is 1. The highest BCUT2D eigenvalue weighted by Crippen LogP contribution is 2.40. The molecule has 2 heterocycles. The molecule has 0 spiro atoms. The van der Waals surface area contributed by atoms with Gasteiger partial charge < -0.3 is 5.32 Å². The second-order valence-electron chi connectivity index (χ2n) is 6.33. The van der Waals surface area contributed by atoms with Crippen LogP contribution in [0.4, 0.5) is 0 Å². The summed E-state index contributed by atoms with van der Waals surface area (Å²) >= 11 is 0. The van der Waals surface area contributed by atoms with Crippen LogP contribution in [0.5, 0.6) is 0 Å². The summed E-state index contributed by atoms with van der Waals surface area (Å²) in [7, 11) is 1.88. The summed E-state index contributed by atoms with van der Waals surface area (Å²) in [6.45, 7) is 0. The van der Waals surface area contributed by atoms with Gasteiger partial charge in [0.2, 0.25) is 0 Å². The quantitative estimate of drug-likeness (QED) is 0.942. The van der Waals surface area contributed by atoms with E-state index >= 15 is 0 Å². The summed E-state index contributed by atoms with van der Waals surface area (Å²) in [6, 6.07) is 2.31. The number of fused-ring (bicyclic) bond motifs is 1. The molecule has 0 unspecified atom stereocenters. The van der Waals surface area contributed by atoms with Crippen LogP contribution in [0.2, 0.25) is 0 Å². The van der Waals surface area contributed by atoms with Crippen molar-refractivity contribution in [2.75, 3.05) is 0 Å². The predicted octanol–water partition coefficient (Wildman–Crippen LogP) is 2.52. The number of nitrogens with one attached hydrogen (secondary N) is 1. The number of nitrogens with zero attached hydrogens (tertiary/aromatic N) is 3. The number of carbonyl (C=O) groups excluding carboxylic acids is 1. The maximum absolute atomic E-state index is 12.6. The van der Waals surface area contributed by atoms with Crippen LogP contribution < -0.4 is 5.32 Å². The Morgan fingerprint density at radius 3 is 2.76 bits per heavy atom. The molecule has 2 aromatic rings. The van der Waals surface area contributed by atoms with Gasteiger partial charge in [0.25, 0.3) is 5.91 Å². The van der Waals surface area contributed by atoms with E-state index in [0.717, 1.165) is 35.1 Å². The molecule has 0 bridgehead atoms. The van der Waals surface area contributed by atoms with Crippen LogP contribution in [0.3, 0.4) is 0 Å². The van der Waals surface area contributed by atoms with Gasteiger partial charge in [0, 0.05) is 24.7 Å². The van der Waals surface area contributed by atoms with Gasteiger partial charge in [-0.1, -0.05) is 12.8 Å². The molecule has 5 heteroatoms. The molecular formula is C16H20N4O. The number of hydrogen-bond donors (Lipinski definition) is 1. The van der Waals surface area contributed by atoms with E-state index in [9.17, 15) is 4.79 Å². The van der Waals surface area contributed by atoms with Crippen LogP contribution in [-0.4, -0.2) is 26.7 Å². The highest BCUT2D eigenvalue weighted by Gasteiger charge is 2.28. The van der Waals surface area contributed by atoms with Crippen LogP contribution in [-0.2, 0) is 7.05 Å². The second kappa shape index (κ2) is 4.83. The van der Waals surface area contributed by atoms with Crippen LogP contribution in [0.1, 0.15) is 60.5 Å². The number of hydrogen-bond acceptors (Lipinski definition) is 3. The maximum Gasteiger partial charge on any atom is 0.252 e. The normalized spacial score (nSPS) is 19.3. The lowest BCUT2D eigenvalue weighted by Gasteiger charge is -2.13. The molecule has 0 atom stereocenters. The van der Waals surface area contributed by atoms with Gasteiger partial charge in [-0.2, -0.15) is 5.10 Å². The van der Waals surface area contributed by atoms with Crippen molar-refractivity contribution < 1.29 is 4.79 Å². The predicted molar refractivity (Wildman–Crippen MR) is 80.2 cm³/mol. The summed E-state index contributed by atoms with van der Waals surface area (Å²) in [6.07, 6.45) is 8.75. The Balaban J connectivity index is 1.73. The fourth-order valence-corrected chi connectivity index (χ4v) is 3.24. The minimum Gasteiger partial charge on any atom is -0.349 e. The smallest absolute Gasteiger partial charge is 0.252 e. The zero-order valence-corrected chi connectivity index (χ0v) is 12.3. The van der Waals surface area contributed by atoms with Gasteiger partial charge in [-0.3, -0.25) is 9.48 Å². The van der Waals surface area contributed by atoms with E-state index in [1.807, 2.05) is 13.1 Å². The molecule has 0 saturated heterocycles. The largest absolute Gasteiger partial charge is 0.349 e. The molecule has 2 aliphatic carbocycles. The third-order valence-corrected chi connectivity index (χ3v) is 4.66. The Hall–Kier alpha value is -1.91. The third-order valence-electron chi connectivity index (χ3n) is 4.66. The SMILES string of the molecule is Cn1ncc2c(C(=O)NC3CCCC3)cc(C3CC3)nc21. The van der Waals surface area contributed by atoms with Crippen molar-refractivity contribution >= 4 is 16.9 Å². The number of amides is 1. The van der Waals surface area contributed by atoms with Crippen molar-refractivity contribution in [2.45, 2.75) is 50.5 Å². The molecule has 4 rings (SSSR count). The van der Waals surface area contributed by atoms with Crippen molar-refractivity contribution in [3.05, 3.63) is 23.5 Å². The standard InChI is InChI=1S/C16H20N4O/c1-20-15-13(9-17-20)12(8-14(19-15)10-6-7-10)16(21)18-11-4-2-3-5-11/h8-11H,2-7H2,1H3,(H,18,21). The maximum atomic E-state index is 12.6. The Labute approximate surface area is 123 Å². The van der Waals surface area contributed by atoms with Crippen LogP contribution in [0.15, 0.2) is 12.3 Å². The first-order valence-electron chi connectivity index (χ1n) is 7.86. The number of pyridine rings is 1. The molecule has 2 saturated carbocycles. The first kappa shape index (κ1) is 12.8. The van der Waals surface area contributed by atoms with E-state index in [1.54, 1.807) is 10.9 Å². The zero-order chi connectivity index (χ0) is 14.4. The molecule has 1 amide bonds. The second-order valence-corrected chi connectivity index (χ2v) is 6.33. The minimum absolute atomic E-state index is 0.0317. The summed E-state index contributed by atoms with van der Waals surface area (Å²) in [5.74, 6) is 0.562. The van der Waals surface area contributed by atoms with E-state index < -0.39 is 0 Å². The zero-order valence-electron chi connectivity index (χ0n) is 12.3. The van der Waals surface area contributed by atoms with Crippen molar-refractivity contribution in [1.82, 2.24) is 20.1 Å². The van der Waals surface area contributed by atoms with Crippen LogP contribution in [0, 0.1) is 0 Å². The molecule has 5 nitrogen and oxygen atoms in total. The third kappa shape index (κ3) is 2.30. The molecule has 0 aliphatic heterocycles. The molecule has 2 aromatic heterocycles. The summed E-state index contributed by atoms with van der Waals surface area (Å²) < 4.78 is 1.76. The Morgan fingerprint density at radius 2 is 2.05 bits per heavy atom. The van der Waals surface area contributed by atoms with Gasteiger partial charge >= 0.3 is 0 Å².